The van der Waals surface area contributed by atoms with Gasteiger partial charge in [-0.25, -0.2) is 4.39 Å². The van der Waals surface area contributed by atoms with Gasteiger partial charge in [-0.05, 0) is 48.6 Å². The Kier molecular flexibility index (Phi) is 4.70. The van der Waals surface area contributed by atoms with Crippen molar-refractivity contribution in [3.63, 3.8) is 0 Å². The van der Waals surface area contributed by atoms with E-state index in [0.29, 0.717) is 0 Å². The van der Waals surface area contributed by atoms with Crippen molar-refractivity contribution in [3.8, 4) is 0 Å². The highest BCUT2D eigenvalue weighted by molar-refractivity contribution is 5.26. The van der Waals surface area contributed by atoms with Crippen LogP contribution in [0.3, 0.4) is 0 Å². The van der Waals surface area contributed by atoms with Crippen LogP contribution in [0.15, 0.2) is 18.2 Å². The fourth-order valence-electron chi connectivity index (χ4n) is 2.13. The zero-order valence-electron chi connectivity index (χ0n) is 11.6. The second-order valence-electron chi connectivity index (χ2n) is 5.94. The minimum atomic E-state index is -0.142. The van der Waals surface area contributed by atoms with Crippen molar-refractivity contribution in [1.29, 1.82) is 0 Å². The molecule has 96 valence electrons. The lowest BCUT2D eigenvalue weighted by Gasteiger charge is -2.27. The van der Waals surface area contributed by atoms with Gasteiger partial charge in [0.1, 0.15) is 5.82 Å². The van der Waals surface area contributed by atoms with Crippen molar-refractivity contribution in [2.45, 2.75) is 47.1 Å². The number of hydrogen-bond donors (Lipinski definition) is 1. The first kappa shape index (κ1) is 14.2. The van der Waals surface area contributed by atoms with Crippen molar-refractivity contribution in [2.75, 3.05) is 6.54 Å². The average Bonchev–Trinajstić information content (AvgIpc) is 2.13. The Morgan fingerprint density at radius 1 is 1.24 bits per heavy atom. The summed E-state index contributed by atoms with van der Waals surface area (Å²) in [4.78, 5) is 0. The number of rotatable bonds is 4. The Labute approximate surface area is 104 Å². The van der Waals surface area contributed by atoms with Crippen LogP contribution in [0.4, 0.5) is 4.39 Å². The van der Waals surface area contributed by atoms with E-state index in [9.17, 15) is 4.39 Å². The minimum absolute atomic E-state index is 0.142. The third kappa shape index (κ3) is 4.86. The Morgan fingerprint density at radius 3 is 2.35 bits per heavy atom. The van der Waals surface area contributed by atoms with Gasteiger partial charge in [0.25, 0.3) is 0 Å². The van der Waals surface area contributed by atoms with Crippen LogP contribution >= 0.6 is 0 Å². The van der Waals surface area contributed by atoms with Crippen LogP contribution in [-0.4, -0.2) is 6.54 Å². The first-order valence-corrected chi connectivity index (χ1v) is 6.32. The molecule has 1 unspecified atom stereocenters. The van der Waals surface area contributed by atoms with Crippen LogP contribution in [0.1, 0.15) is 51.3 Å². The summed E-state index contributed by atoms with van der Waals surface area (Å²) >= 11 is 0. The predicted molar refractivity (Wildman–Crippen MR) is 71.6 cm³/mol. The smallest absolute Gasteiger partial charge is 0.123 e. The number of halogens is 1. The molecule has 1 aromatic carbocycles. The summed E-state index contributed by atoms with van der Waals surface area (Å²) in [5.41, 5.74) is 2.27. The lowest BCUT2D eigenvalue weighted by molar-refractivity contribution is 0.313. The molecule has 1 rings (SSSR count). The van der Waals surface area contributed by atoms with Gasteiger partial charge < -0.3 is 5.32 Å². The van der Waals surface area contributed by atoms with Gasteiger partial charge in [0, 0.05) is 6.04 Å². The largest absolute Gasteiger partial charge is 0.310 e. The number of aryl methyl sites for hydroxylation is 1. The highest BCUT2D eigenvalue weighted by Crippen LogP contribution is 2.30. The molecular weight excluding hydrogens is 213 g/mol. The van der Waals surface area contributed by atoms with Gasteiger partial charge in [0.2, 0.25) is 0 Å². The third-order valence-electron chi connectivity index (χ3n) is 2.73. The lowest BCUT2D eigenvalue weighted by atomic mass is 9.85. The molecule has 1 aromatic rings. The average molecular weight is 237 g/mol. The second kappa shape index (κ2) is 5.63. The maximum Gasteiger partial charge on any atom is 0.123 e. The zero-order valence-corrected chi connectivity index (χ0v) is 11.6. The molecule has 0 aliphatic carbocycles. The summed E-state index contributed by atoms with van der Waals surface area (Å²) in [5, 5.41) is 3.44. The van der Waals surface area contributed by atoms with E-state index in [0.717, 1.165) is 24.1 Å². The highest BCUT2D eigenvalue weighted by Gasteiger charge is 2.20. The summed E-state index contributed by atoms with van der Waals surface area (Å²) in [5.74, 6) is -0.142. The lowest BCUT2D eigenvalue weighted by Crippen LogP contribution is -2.25. The third-order valence-corrected chi connectivity index (χ3v) is 2.73. The molecular formula is C15H24FN. The fraction of sp³-hybridized carbons (Fsp3) is 0.600. The van der Waals surface area contributed by atoms with Gasteiger partial charge in [-0.1, -0.05) is 33.8 Å². The molecule has 0 radical (unpaired) electrons. The normalized spacial score (nSPS) is 13.8. The SMILES string of the molecule is CCNC(CC(C)(C)C)c1cc(C)cc(F)c1. The van der Waals surface area contributed by atoms with Gasteiger partial charge in [0.05, 0.1) is 0 Å². The standard InChI is InChI=1S/C15H24FN/c1-6-17-14(10-15(3,4)5)12-7-11(2)8-13(16)9-12/h7-9,14,17H,6,10H2,1-5H3. The van der Waals surface area contributed by atoms with Crippen molar-refractivity contribution in [1.82, 2.24) is 5.32 Å². The quantitative estimate of drug-likeness (QED) is 0.826. The van der Waals surface area contributed by atoms with Gasteiger partial charge in [-0.15, -0.1) is 0 Å². The highest BCUT2D eigenvalue weighted by atomic mass is 19.1. The Hall–Kier alpha value is -0.890. The predicted octanol–water partition coefficient (Wildman–Crippen LogP) is 4.22. The summed E-state index contributed by atoms with van der Waals surface area (Å²) < 4.78 is 13.4. The molecule has 2 heteroatoms. The minimum Gasteiger partial charge on any atom is -0.310 e. The molecule has 1 nitrogen and oxygen atoms in total. The van der Waals surface area contributed by atoms with E-state index in [1.54, 1.807) is 12.1 Å². The Bertz CT molecular complexity index is 345. The van der Waals surface area contributed by atoms with E-state index in [2.05, 4.69) is 39.1 Å². The van der Waals surface area contributed by atoms with Crippen LogP contribution in [0.25, 0.3) is 0 Å². The van der Waals surface area contributed by atoms with E-state index >= 15 is 0 Å². The zero-order chi connectivity index (χ0) is 13.1. The van der Waals surface area contributed by atoms with E-state index in [1.807, 2.05) is 6.92 Å². The van der Waals surface area contributed by atoms with Crippen LogP contribution < -0.4 is 5.32 Å². The molecule has 0 saturated carbocycles. The Morgan fingerprint density at radius 2 is 1.88 bits per heavy atom. The van der Waals surface area contributed by atoms with Crippen molar-refractivity contribution in [2.24, 2.45) is 5.41 Å². The van der Waals surface area contributed by atoms with Crippen LogP contribution in [0.5, 0.6) is 0 Å². The molecule has 0 amide bonds. The second-order valence-corrected chi connectivity index (χ2v) is 5.94. The molecule has 0 fully saturated rings. The molecule has 1 N–H and O–H groups in total. The summed E-state index contributed by atoms with van der Waals surface area (Å²) in [6, 6.07) is 5.52. The first-order chi connectivity index (χ1) is 7.81. The monoisotopic (exact) mass is 237 g/mol. The molecule has 0 bridgehead atoms. The first-order valence-electron chi connectivity index (χ1n) is 6.32. The van der Waals surface area contributed by atoms with E-state index in [-0.39, 0.29) is 17.3 Å². The molecule has 0 heterocycles. The maximum absolute atomic E-state index is 13.4. The van der Waals surface area contributed by atoms with Crippen LogP contribution in [0.2, 0.25) is 0 Å². The van der Waals surface area contributed by atoms with E-state index < -0.39 is 0 Å². The Balaban J connectivity index is 2.96. The summed E-state index contributed by atoms with van der Waals surface area (Å²) in [7, 11) is 0. The molecule has 0 aliphatic rings. The van der Waals surface area contributed by atoms with Gasteiger partial charge in [0.15, 0.2) is 0 Å². The molecule has 17 heavy (non-hydrogen) atoms. The van der Waals surface area contributed by atoms with Gasteiger partial charge in [-0.3, -0.25) is 0 Å². The molecule has 0 aromatic heterocycles. The van der Waals surface area contributed by atoms with Crippen molar-refractivity contribution >= 4 is 0 Å². The molecule has 0 aliphatic heterocycles. The number of hydrogen-bond acceptors (Lipinski definition) is 1. The van der Waals surface area contributed by atoms with Crippen molar-refractivity contribution < 1.29 is 4.39 Å². The molecule has 0 saturated heterocycles. The molecule has 1 atom stereocenters. The van der Waals surface area contributed by atoms with Gasteiger partial charge in [-0.2, -0.15) is 0 Å². The van der Waals surface area contributed by atoms with Crippen LogP contribution in [-0.2, 0) is 0 Å². The van der Waals surface area contributed by atoms with E-state index in [4.69, 9.17) is 0 Å². The maximum atomic E-state index is 13.4. The fourth-order valence-corrected chi connectivity index (χ4v) is 2.13. The van der Waals surface area contributed by atoms with Crippen LogP contribution in [0, 0.1) is 18.2 Å². The molecule has 0 spiro atoms. The topological polar surface area (TPSA) is 12.0 Å². The summed E-state index contributed by atoms with van der Waals surface area (Å²) in [6.45, 7) is 11.6. The van der Waals surface area contributed by atoms with E-state index in [1.165, 1.54) is 0 Å². The number of nitrogens with one attached hydrogen (secondary N) is 1. The summed E-state index contributed by atoms with van der Waals surface area (Å²) in [6.07, 6.45) is 1.00. The van der Waals surface area contributed by atoms with Gasteiger partial charge >= 0.3 is 0 Å². The number of benzene rings is 1. The van der Waals surface area contributed by atoms with Crippen molar-refractivity contribution in [3.05, 3.63) is 35.1 Å².